The van der Waals surface area contributed by atoms with Crippen LogP contribution in [0.5, 0.6) is 5.75 Å². The monoisotopic (exact) mass is 393 g/mol. The lowest BCUT2D eigenvalue weighted by Crippen LogP contribution is -2.41. The van der Waals surface area contributed by atoms with Gasteiger partial charge in [-0.05, 0) is 42.7 Å². The predicted octanol–water partition coefficient (Wildman–Crippen LogP) is 1.95. The van der Waals surface area contributed by atoms with Crippen molar-refractivity contribution < 1.29 is 19.1 Å². The molecule has 150 valence electrons. The van der Waals surface area contributed by atoms with Gasteiger partial charge < -0.3 is 20.3 Å². The Balaban J connectivity index is 1.43. The molecule has 7 nitrogen and oxygen atoms in total. The maximum absolute atomic E-state index is 12.7. The Morgan fingerprint density at radius 2 is 1.72 bits per heavy atom. The molecule has 0 saturated carbocycles. The first-order valence-electron chi connectivity index (χ1n) is 9.72. The molecule has 0 radical (unpaired) electrons. The minimum atomic E-state index is -0.291. The van der Waals surface area contributed by atoms with E-state index in [9.17, 15) is 14.4 Å². The zero-order chi connectivity index (χ0) is 20.4. The summed E-state index contributed by atoms with van der Waals surface area (Å²) in [5.74, 6) is 0.114. The van der Waals surface area contributed by atoms with Crippen LogP contribution in [-0.4, -0.2) is 42.3 Å². The maximum Gasteiger partial charge on any atom is 0.265 e. The van der Waals surface area contributed by atoms with Crippen molar-refractivity contribution in [2.24, 2.45) is 11.7 Å². The summed E-state index contributed by atoms with van der Waals surface area (Å²) in [6, 6.07) is 14.8. The molecule has 0 aromatic heterocycles. The van der Waals surface area contributed by atoms with E-state index in [1.54, 1.807) is 21.9 Å². The quantitative estimate of drug-likeness (QED) is 0.859. The van der Waals surface area contributed by atoms with E-state index >= 15 is 0 Å². The molecule has 0 bridgehead atoms. The van der Waals surface area contributed by atoms with Gasteiger partial charge in [0.05, 0.1) is 12.2 Å². The Hall–Kier alpha value is -3.35. The number of carbonyl (C=O) groups is 3. The molecule has 2 N–H and O–H groups in total. The molecule has 2 heterocycles. The van der Waals surface area contributed by atoms with Gasteiger partial charge in [-0.1, -0.05) is 24.3 Å². The molecular weight excluding hydrogens is 370 g/mol. The van der Waals surface area contributed by atoms with Gasteiger partial charge in [0, 0.05) is 24.6 Å². The normalized spacial score (nSPS) is 16.9. The van der Waals surface area contributed by atoms with Gasteiger partial charge in [-0.15, -0.1) is 0 Å². The van der Waals surface area contributed by atoms with Crippen molar-refractivity contribution in [2.75, 3.05) is 24.6 Å². The number of hydrogen-bond donors (Lipinski definition) is 1. The van der Waals surface area contributed by atoms with Crippen LogP contribution in [0, 0.1) is 5.92 Å². The number of piperidine rings is 1. The van der Waals surface area contributed by atoms with Crippen LogP contribution in [0.1, 0.15) is 28.8 Å². The molecule has 2 aliphatic rings. The molecule has 2 aliphatic heterocycles. The van der Waals surface area contributed by atoms with E-state index in [1.165, 1.54) is 0 Å². The highest BCUT2D eigenvalue weighted by Gasteiger charge is 2.27. The van der Waals surface area contributed by atoms with E-state index in [2.05, 4.69) is 0 Å². The van der Waals surface area contributed by atoms with Crippen molar-refractivity contribution in [3.63, 3.8) is 0 Å². The van der Waals surface area contributed by atoms with Gasteiger partial charge in [0.25, 0.3) is 11.8 Å². The zero-order valence-electron chi connectivity index (χ0n) is 16.0. The number of primary amides is 1. The van der Waals surface area contributed by atoms with Crippen molar-refractivity contribution in [3.05, 3.63) is 59.7 Å². The molecule has 1 saturated heterocycles. The number of benzene rings is 2. The number of nitrogens with two attached hydrogens (primary N) is 1. The Labute approximate surface area is 169 Å². The number of likely N-dealkylation sites (tertiary alicyclic amines) is 1. The highest BCUT2D eigenvalue weighted by Crippen LogP contribution is 2.32. The van der Waals surface area contributed by atoms with Crippen molar-refractivity contribution in [1.29, 1.82) is 0 Å². The van der Waals surface area contributed by atoms with Gasteiger partial charge in [0.15, 0.2) is 6.61 Å². The van der Waals surface area contributed by atoms with Crippen molar-refractivity contribution in [1.82, 2.24) is 4.90 Å². The first kappa shape index (κ1) is 19.0. The van der Waals surface area contributed by atoms with Gasteiger partial charge in [-0.3, -0.25) is 14.4 Å². The van der Waals surface area contributed by atoms with E-state index in [-0.39, 0.29) is 30.2 Å². The summed E-state index contributed by atoms with van der Waals surface area (Å²) in [6.45, 7) is 1.51. The minimum absolute atomic E-state index is 0.0227. The molecule has 4 rings (SSSR count). The average molecular weight is 393 g/mol. The Kier molecular flexibility index (Phi) is 5.20. The summed E-state index contributed by atoms with van der Waals surface area (Å²) in [5.41, 5.74) is 7.63. The van der Waals surface area contributed by atoms with E-state index in [0.717, 1.165) is 11.3 Å². The lowest BCUT2D eigenvalue weighted by Gasteiger charge is -2.31. The molecule has 3 amide bonds. The molecule has 0 spiro atoms. The number of ether oxygens (including phenoxy) is 1. The summed E-state index contributed by atoms with van der Waals surface area (Å²) in [5, 5.41) is 0. The van der Waals surface area contributed by atoms with Gasteiger partial charge >= 0.3 is 0 Å². The van der Waals surface area contributed by atoms with E-state index < -0.39 is 0 Å². The van der Waals surface area contributed by atoms with Crippen LogP contribution < -0.4 is 15.4 Å². The largest absolute Gasteiger partial charge is 0.482 e. The van der Waals surface area contributed by atoms with Crippen LogP contribution in [0.3, 0.4) is 0 Å². The second kappa shape index (κ2) is 7.95. The molecule has 0 unspecified atom stereocenters. The van der Waals surface area contributed by atoms with Crippen LogP contribution in [-0.2, 0) is 16.1 Å². The molecule has 29 heavy (non-hydrogen) atoms. The smallest absolute Gasteiger partial charge is 0.265 e. The van der Waals surface area contributed by atoms with Gasteiger partial charge in [0.2, 0.25) is 5.91 Å². The van der Waals surface area contributed by atoms with Gasteiger partial charge in [-0.25, -0.2) is 0 Å². The average Bonchev–Trinajstić information content (AvgIpc) is 2.76. The fraction of sp³-hybridized carbons (Fsp3) is 0.318. The van der Waals surface area contributed by atoms with Gasteiger partial charge in [0.1, 0.15) is 5.75 Å². The van der Waals surface area contributed by atoms with Crippen molar-refractivity contribution >= 4 is 23.4 Å². The van der Waals surface area contributed by atoms with E-state index in [4.69, 9.17) is 10.5 Å². The number of para-hydroxylation sites is 2. The lowest BCUT2D eigenvalue weighted by molar-refractivity contribution is -0.123. The third-order valence-corrected chi connectivity index (χ3v) is 5.53. The van der Waals surface area contributed by atoms with E-state index in [1.807, 2.05) is 36.4 Å². The second-order valence-corrected chi connectivity index (χ2v) is 7.40. The molecule has 1 fully saturated rings. The van der Waals surface area contributed by atoms with Crippen molar-refractivity contribution in [2.45, 2.75) is 19.4 Å². The lowest BCUT2D eigenvalue weighted by atomic mass is 9.96. The first-order chi connectivity index (χ1) is 14.0. The molecule has 0 aliphatic carbocycles. The highest BCUT2D eigenvalue weighted by molar-refractivity contribution is 5.98. The fourth-order valence-electron chi connectivity index (χ4n) is 3.81. The molecular formula is C22H23N3O4. The van der Waals surface area contributed by atoms with Crippen LogP contribution in [0.4, 0.5) is 5.69 Å². The van der Waals surface area contributed by atoms with Crippen LogP contribution in [0.2, 0.25) is 0 Å². The number of anilines is 1. The maximum atomic E-state index is 12.7. The minimum Gasteiger partial charge on any atom is -0.482 e. The number of carbonyl (C=O) groups excluding carboxylic acids is 3. The van der Waals surface area contributed by atoms with Crippen LogP contribution >= 0.6 is 0 Å². The summed E-state index contributed by atoms with van der Waals surface area (Å²) in [4.78, 5) is 39.8. The standard InChI is InChI=1S/C22H23N3O4/c23-21(27)16-9-11-24(12-10-16)22(28)17-7-5-15(6-8-17)13-25-18-3-1-2-4-19(18)29-14-20(25)26/h1-8,16H,9-14H2,(H2,23,27). The van der Waals surface area contributed by atoms with E-state index in [0.29, 0.717) is 43.8 Å². The first-order valence-corrected chi connectivity index (χ1v) is 9.72. The molecule has 2 aromatic rings. The van der Waals surface area contributed by atoms with Crippen LogP contribution in [0.15, 0.2) is 48.5 Å². The van der Waals surface area contributed by atoms with Gasteiger partial charge in [-0.2, -0.15) is 0 Å². The third-order valence-electron chi connectivity index (χ3n) is 5.53. The molecule has 7 heteroatoms. The topological polar surface area (TPSA) is 92.9 Å². The van der Waals surface area contributed by atoms with Crippen molar-refractivity contribution in [3.8, 4) is 5.75 Å². The fourth-order valence-corrected chi connectivity index (χ4v) is 3.81. The molecule has 0 atom stereocenters. The summed E-state index contributed by atoms with van der Waals surface area (Å²) >= 11 is 0. The Morgan fingerprint density at radius 1 is 1.03 bits per heavy atom. The number of fused-ring (bicyclic) bond motifs is 1. The molecule has 2 aromatic carbocycles. The second-order valence-electron chi connectivity index (χ2n) is 7.40. The third kappa shape index (κ3) is 3.94. The Bertz CT molecular complexity index is 933. The van der Waals surface area contributed by atoms with Crippen LogP contribution in [0.25, 0.3) is 0 Å². The summed E-state index contributed by atoms with van der Waals surface area (Å²) in [7, 11) is 0. The number of rotatable bonds is 4. The number of nitrogens with zero attached hydrogens (tertiary/aromatic N) is 2. The summed E-state index contributed by atoms with van der Waals surface area (Å²) < 4.78 is 5.47. The Morgan fingerprint density at radius 3 is 2.41 bits per heavy atom. The number of hydrogen-bond acceptors (Lipinski definition) is 4. The SMILES string of the molecule is NC(=O)C1CCN(C(=O)c2ccc(CN3C(=O)COc4ccccc43)cc2)CC1. The summed E-state index contributed by atoms with van der Waals surface area (Å²) in [6.07, 6.45) is 1.22. The highest BCUT2D eigenvalue weighted by atomic mass is 16.5. The zero-order valence-corrected chi connectivity index (χ0v) is 16.0. The number of amides is 3. The predicted molar refractivity (Wildman–Crippen MR) is 107 cm³/mol.